The van der Waals surface area contributed by atoms with Crippen molar-refractivity contribution in [1.29, 1.82) is 0 Å². The summed E-state index contributed by atoms with van der Waals surface area (Å²) in [5.74, 6) is -1.69. The number of aryl methyl sites for hydroxylation is 1. The Morgan fingerprint density at radius 2 is 1.89 bits per heavy atom. The molecule has 1 N–H and O–H groups in total. The molecule has 0 heterocycles. The SMILES string of the molecule is Cc1cc(Br)c(NCc2ccc(F)c(F)c2)cc1Cl. The van der Waals surface area contributed by atoms with Crippen LogP contribution in [0.15, 0.2) is 34.8 Å². The van der Waals surface area contributed by atoms with Crippen molar-refractivity contribution in [2.45, 2.75) is 13.5 Å². The quantitative estimate of drug-likeness (QED) is 0.795. The van der Waals surface area contributed by atoms with Crippen molar-refractivity contribution in [2.24, 2.45) is 0 Å². The second-order valence-electron chi connectivity index (χ2n) is 4.18. The molecule has 0 unspecified atom stereocenters. The Morgan fingerprint density at radius 1 is 1.16 bits per heavy atom. The summed E-state index contributed by atoms with van der Waals surface area (Å²) < 4.78 is 26.7. The molecular weight excluding hydrogens is 336 g/mol. The van der Waals surface area contributed by atoms with Gasteiger partial charge in [0.25, 0.3) is 0 Å². The summed E-state index contributed by atoms with van der Waals surface area (Å²) in [5.41, 5.74) is 2.43. The van der Waals surface area contributed by atoms with E-state index in [9.17, 15) is 8.78 Å². The first kappa shape index (κ1) is 14.3. The molecule has 19 heavy (non-hydrogen) atoms. The van der Waals surface area contributed by atoms with Crippen molar-refractivity contribution < 1.29 is 8.78 Å². The zero-order chi connectivity index (χ0) is 14.0. The molecule has 0 saturated heterocycles. The van der Waals surface area contributed by atoms with E-state index in [4.69, 9.17) is 11.6 Å². The maximum absolute atomic E-state index is 13.1. The number of rotatable bonds is 3. The fourth-order valence-electron chi connectivity index (χ4n) is 1.63. The molecule has 0 aliphatic rings. The second-order valence-corrected chi connectivity index (χ2v) is 5.44. The topological polar surface area (TPSA) is 12.0 Å². The first-order chi connectivity index (χ1) is 8.97. The van der Waals surface area contributed by atoms with E-state index in [1.54, 1.807) is 6.07 Å². The zero-order valence-electron chi connectivity index (χ0n) is 10.1. The molecule has 100 valence electrons. The molecule has 1 nitrogen and oxygen atoms in total. The molecule has 0 saturated carbocycles. The summed E-state index contributed by atoms with van der Waals surface area (Å²) in [7, 11) is 0. The molecule has 0 aromatic heterocycles. The van der Waals surface area contributed by atoms with E-state index in [1.807, 2.05) is 13.0 Å². The van der Waals surface area contributed by atoms with E-state index in [-0.39, 0.29) is 0 Å². The number of halogens is 4. The number of nitrogens with one attached hydrogen (secondary N) is 1. The van der Waals surface area contributed by atoms with Gasteiger partial charge in [-0.3, -0.25) is 0 Å². The minimum atomic E-state index is -0.847. The lowest BCUT2D eigenvalue weighted by Gasteiger charge is -2.11. The van der Waals surface area contributed by atoms with Crippen LogP contribution in [0.3, 0.4) is 0 Å². The lowest BCUT2D eigenvalue weighted by atomic mass is 10.2. The first-order valence-electron chi connectivity index (χ1n) is 5.61. The van der Waals surface area contributed by atoms with Crippen LogP contribution in [0.2, 0.25) is 5.02 Å². The molecular formula is C14H11BrClF2N. The maximum Gasteiger partial charge on any atom is 0.159 e. The lowest BCUT2D eigenvalue weighted by molar-refractivity contribution is 0.507. The molecule has 2 aromatic rings. The molecule has 0 fully saturated rings. The number of hydrogen-bond acceptors (Lipinski definition) is 1. The smallest absolute Gasteiger partial charge is 0.159 e. The highest BCUT2D eigenvalue weighted by atomic mass is 79.9. The highest BCUT2D eigenvalue weighted by molar-refractivity contribution is 9.10. The Balaban J connectivity index is 2.14. The second kappa shape index (κ2) is 5.88. The van der Waals surface area contributed by atoms with Crippen LogP contribution in [0.25, 0.3) is 0 Å². The van der Waals surface area contributed by atoms with Gasteiger partial charge in [0, 0.05) is 16.0 Å². The molecule has 0 amide bonds. The van der Waals surface area contributed by atoms with Crippen LogP contribution in [-0.4, -0.2) is 0 Å². The van der Waals surface area contributed by atoms with Crippen molar-refractivity contribution in [3.8, 4) is 0 Å². The number of benzene rings is 2. The van der Waals surface area contributed by atoms with Gasteiger partial charge in [0.05, 0.1) is 5.69 Å². The summed E-state index contributed by atoms with van der Waals surface area (Å²) in [6, 6.07) is 7.52. The minimum absolute atomic E-state index is 0.384. The Hall–Kier alpha value is -1.13. The highest BCUT2D eigenvalue weighted by Gasteiger charge is 2.06. The van der Waals surface area contributed by atoms with Gasteiger partial charge in [-0.25, -0.2) is 8.78 Å². The maximum atomic E-state index is 13.1. The van der Waals surface area contributed by atoms with E-state index < -0.39 is 11.6 Å². The molecule has 0 spiro atoms. The third-order valence-corrected chi connectivity index (χ3v) is 3.78. The summed E-state index contributed by atoms with van der Waals surface area (Å²) in [5, 5.41) is 3.77. The largest absolute Gasteiger partial charge is 0.380 e. The standard InChI is InChI=1S/C14H11BrClF2N/c1-8-4-10(15)14(6-11(8)16)19-7-9-2-3-12(17)13(18)5-9/h2-6,19H,7H2,1H3. The van der Waals surface area contributed by atoms with Gasteiger partial charge in [0.1, 0.15) is 0 Å². The molecule has 0 aliphatic heterocycles. The fourth-order valence-corrected chi connectivity index (χ4v) is 2.39. The van der Waals surface area contributed by atoms with E-state index in [0.717, 1.165) is 21.8 Å². The molecule has 2 rings (SSSR count). The first-order valence-corrected chi connectivity index (χ1v) is 6.78. The summed E-state index contributed by atoms with van der Waals surface area (Å²) >= 11 is 9.47. The van der Waals surface area contributed by atoms with Crippen LogP contribution >= 0.6 is 27.5 Å². The Labute approximate surface area is 123 Å². The van der Waals surface area contributed by atoms with Gasteiger partial charge in [-0.15, -0.1) is 0 Å². The third-order valence-electron chi connectivity index (χ3n) is 2.72. The van der Waals surface area contributed by atoms with Crippen LogP contribution in [0, 0.1) is 18.6 Å². The zero-order valence-corrected chi connectivity index (χ0v) is 12.4. The Kier molecular flexibility index (Phi) is 4.42. The van der Waals surface area contributed by atoms with Gasteiger partial charge >= 0.3 is 0 Å². The minimum Gasteiger partial charge on any atom is -0.380 e. The summed E-state index contributed by atoms with van der Waals surface area (Å²) in [6.45, 7) is 2.29. The van der Waals surface area contributed by atoms with E-state index in [0.29, 0.717) is 17.1 Å². The predicted molar refractivity (Wildman–Crippen MR) is 77.6 cm³/mol. The normalized spacial score (nSPS) is 10.6. The van der Waals surface area contributed by atoms with Gasteiger partial charge in [0.2, 0.25) is 0 Å². The molecule has 0 atom stereocenters. The van der Waals surface area contributed by atoms with Gasteiger partial charge in [-0.05, 0) is 58.2 Å². The van der Waals surface area contributed by atoms with Crippen LogP contribution in [-0.2, 0) is 6.54 Å². The molecule has 0 bridgehead atoms. The van der Waals surface area contributed by atoms with E-state index >= 15 is 0 Å². The van der Waals surface area contributed by atoms with E-state index in [1.165, 1.54) is 12.1 Å². The summed E-state index contributed by atoms with van der Waals surface area (Å²) in [4.78, 5) is 0. The van der Waals surface area contributed by atoms with Crippen molar-refractivity contribution in [3.05, 3.63) is 62.6 Å². The number of anilines is 1. The van der Waals surface area contributed by atoms with Crippen molar-refractivity contribution in [3.63, 3.8) is 0 Å². The van der Waals surface area contributed by atoms with Crippen LogP contribution in [0.5, 0.6) is 0 Å². The summed E-state index contributed by atoms with van der Waals surface area (Å²) in [6.07, 6.45) is 0. The predicted octanol–water partition coefficient (Wildman–Crippen LogP) is 5.30. The molecule has 2 aromatic carbocycles. The number of hydrogen-bond donors (Lipinski definition) is 1. The van der Waals surface area contributed by atoms with Crippen molar-refractivity contribution >= 4 is 33.2 Å². The molecule has 5 heteroatoms. The van der Waals surface area contributed by atoms with Crippen LogP contribution < -0.4 is 5.32 Å². The highest BCUT2D eigenvalue weighted by Crippen LogP contribution is 2.29. The van der Waals surface area contributed by atoms with Gasteiger partial charge < -0.3 is 5.32 Å². The molecule has 0 aliphatic carbocycles. The average Bonchev–Trinajstić information content (AvgIpc) is 2.36. The third kappa shape index (κ3) is 3.45. The Bertz CT molecular complexity index is 617. The molecule has 0 radical (unpaired) electrons. The van der Waals surface area contributed by atoms with E-state index in [2.05, 4.69) is 21.2 Å². The van der Waals surface area contributed by atoms with Crippen molar-refractivity contribution in [2.75, 3.05) is 5.32 Å². The lowest BCUT2D eigenvalue weighted by Crippen LogP contribution is -2.01. The van der Waals surface area contributed by atoms with Gasteiger partial charge in [-0.2, -0.15) is 0 Å². The van der Waals surface area contributed by atoms with Gasteiger partial charge in [-0.1, -0.05) is 17.7 Å². The fraction of sp³-hybridized carbons (Fsp3) is 0.143. The van der Waals surface area contributed by atoms with Crippen LogP contribution in [0.1, 0.15) is 11.1 Å². The average molecular weight is 347 g/mol. The van der Waals surface area contributed by atoms with Crippen molar-refractivity contribution in [1.82, 2.24) is 0 Å². The Morgan fingerprint density at radius 3 is 2.58 bits per heavy atom. The van der Waals surface area contributed by atoms with Gasteiger partial charge in [0.15, 0.2) is 11.6 Å². The monoisotopic (exact) mass is 345 g/mol. The van der Waals surface area contributed by atoms with Crippen LogP contribution in [0.4, 0.5) is 14.5 Å².